The Bertz CT molecular complexity index is 1920. The summed E-state index contributed by atoms with van der Waals surface area (Å²) < 4.78 is 25.8. The highest BCUT2D eigenvalue weighted by Crippen LogP contribution is 2.55. The maximum atomic E-state index is 6.44. The zero-order valence-corrected chi connectivity index (χ0v) is 49.6. The minimum Gasteiger partial charge on any atom is -0.496 e. The molecular formula is C61H94O4P2. The van der Waals surface area contributed by atoms with Crippen LogP contribution in [-0.2, 0) is 43.3 Å². The molecule has 4 rings (SSSR count). The third kappa shape index (κ3) is 12.5. The first kappa shape index (κ1) is 56.5. The van der Waals surface area contributed by atoms with Gasteiger partial charge < -0.3 is 18.9 Å². The van der Waals surface area contributed by atoms with Crippen LogP contribution in [0.2, 0.25) is 0 Å². The number of methoxy groups -OCH3 is 4. The second-order valence-electron chi connectivity index (χ2n) is 27.3. The van der Waals surface area contributed by atoms with E-state index in [2.05, 4.69) is 215 Å². The minimum absolute atomic E-state index is 0.168. The third-order valence-electron chi connectivity index (χ3n) is 13.1. The molecule has 0 aliphatic rings. The monoisotopic (exact) mass is 953 g/mol. The van der Waals surface area contributed by atoms with Crippen molar-refractivity contribution in [2.45, 2.75) is 209 Å². The van der Waals surface area contributed by atoms with Crippen molar-refractivity contribution in [2.24, 2.45) is 0 Å². The lowest BCUT2D eigenvalue weighted by Crippen LogP contribution is -2.29. The molecule has 0 radical (unpaired) electrons. The molecule has 4 nitrogen and oxygen atoms in total. The molecule has 0 N–H and O–H groups in total. The van der Waals surface area contributed by atoms with E-state index in [1.807, 2.05) is 28.4 Å². The van der Waals surface area contributed by atoms with Gasteiger partial charge in [0.25, 0.3) is 0 Å². The summed E-state index contributed by atoms with van der Waals surface area (Å²) in [7, 11) is 5.31. The second kappa shape index (κ2) is 19.3. The zero-order valence-electron chi connectivity index (χ0n) is 47.9. The van der Waals surface area contributed by atoms with E-state index in [1.54, 1.807) is 0 Å². The normalized spacial score (nSPS) is 13.7. The lowest BCUT2D eigenvalue weighted by Gasteiger charge is -2.36. The van der Waals surface area contributed by atoms with Gasteiger partial charge >= 0.3 is 0 Å². The molecule has 372 valence electrons. The van der Waals surface area contributed by atoms with Crippen molar-refractivity contribution in [2.75, 3.05) is 34.3 Å². The van der Waals surface area contributed by atoms with E-state index in [0.717, 1.165) is 28.9 Å². The van der Waals surface area contributed by atoms with Gasteiger partial charge in [0, 0.05) is 50.4 Å². The molecule has 0 atom stereocenters. The van der Waals surface area contributed by atoms with Gasteiger partial charge in [0.15, 0.2) is 0 Å². The molecule has 67 heavy (non-hydrogen) atoms. The molecule has 0 bridgehead atoms. The van der Waals surface area contributed by atoms with Gasteiger partial charge in [0.1, 0.15) is 23.0 Å². The average molecular weight is 953 g/mol. The van der Waals surface area contributed by atoms with E-state index < -0.39 is 15.8 Å². The fourth-order valence-electron chi connectivity index (χ4n) is 9.18. The lowest BCUT2D eigenvalue weighted by molar-refractivity contribution is 0.381. The Labute approximate surface area is 414 Å². The van der Waals surface area contributed by atoms with Gasteiger partial charge in [-0.2, -0.15) is 0 Å². The zero-order chi connectivity index (χ0) is 51.6. The number of benzene rings is 4. The molecule has 0 saturated heterocycles. The summed E-state index contributed by atoms with van der Waals surface area (Å²) in [6.45, 7) is 55.9. The molecule has 0 unspecified atom stereocenters. The van der Waals surface area contributed by atoms with Gasteiger partial charge in [-0.3, -0.25) is 0 Å². The summed E-state index contributed by atoms with van der Waals surface area (Å²) in [5.74, 6) is 4.94. The molecular weight excluding hydrogens is 859 g/mol. The molecule has 4 aromatic rings. The summed E-state index contributed by atoms with van der Waals surface area (Å²) in [6.07, 6.45) is 0. The molecule has 0 heterocycles. The van der Waals surface area contributed by atoms with Gasteiger partial charge in [-0.15, -0.1) is 0 Å². The number of hydrogen-bond acceptors (Lipinski definition) is 4. The van der Waals surface area contributed by atoms with Crippen LogP contribution in [0.4, 0.5) is 0 Å². The van der Waals surface area contributed by atoms with Gasteiger partial charge in [0.05, 0.1) is 28.4 Å². The van der Waals surface area contributed by atoms with Crippen LogP contribution in [0.25, 0.3) is 0 Å². The Hall–Kier alpha value is -3.06. The van der Waals surface area contributed by atoms with E-state index in [1.165, 1.54) is 65.7 Å². The molecule has 4 aromatic carbocycles. The Morgan fingerprint density at radius 1 is 0.254 bits per heavy atom. The fourth-order valence-corrected chi connectivity index (χ4v) is 15.8. The quantitative estimate of drug-likeness (QED) is 0.148. The summed E-state index contributed by atoms with van der Waals surface area (Å²) in [6, 6.07) is 20.2. The molecule has 0 aliphatic heterocycles. The van der Waals surface area contributed by atoms with Crippen molar-refractivity contribution in [1.29, 1.82) is 0 Å². The Balaban J connectivity index is 2.45. The highest BCUT2D eigenvalue weighted by atomic mass is 31.2. The van der Waals surface area contributed by atoms with Crippen LogP contribution in [-0.4, -0.2) is 34.3 Å². The standard InChI is InChI=1S/C61H94O4P2/c1-54(2,3)42-29-38(30-43(50(42)62-25)55(4,5)6)66(39-31-44(56(7,8)9)51(63-26)45(32-39)57(10,11)12)37-67(40-33-46(58(13,14)15)52(64-27)47(34-40)59(16,17)18)41-35-48(60(19,20)21)53(65-28)49(36-41)61(22,23)24/h29-36H,37H2,1-28H3. The molecule has 0 spiro atoms. The second-order valence-corrected chi connectivity index (χ2v) is 32.2. The summed E-state index contributed by atoms with van der Waals surface area (Å²) >= 11 is 0. The maximum absolute atomic E-state index is 6.44. The van der Waals surface area contributed by atoms with Gasteiger partial charge in [-0.25, -0.2) is 0 Å². The first-order valence-electron chi connectivity index (χ1n) is 24.6. The minimum atomic E-state index is -1.04. The smallest absolute Gasteiger partial charge is 0.126 e. The fraction of sp³-hybridized carbons (Fsp3) is 0.607. The lowest BCUT2D eigenvalue weighted by atomic mass is 9.79. The van der Waals surface area contributed by atoms with Crippen LogP contribution in [0, 0.1) is 0 Å². The van der Waals surface area contributed by atoms with E-state index in [0.29, 0.717) is 0 Å². The molecule has 0 aliphatic carbocycles. The topological polar surface area (TPSA) is 36.9 Å². The van der Waals surface area contributed by atoms with E-state index in [-0.39, 0.29) is 43.3 Å². The summed E-state index contributed by atoms with van der Waals surface area (Å²) in [5, 5.41) is 5.52. The first-order chi connectivity index (χ1) is 30.1. The first-order valence-corrected chi connectivity index (χ1v) is 27.6. The van der Waals surface area contributed by atoms with E-state index >= 15 is 0 Å². The van der Waals surface area contributed by atoms with Gasteiger partial charge in [-0.1, -0.05) is 166 Å². The van der Waals surface area contributed by atoms with E-state index in [4.69, 9.17) is 18.9 Å². The highest BCUT2D eigenvalue weighted by molar-refractivity contribution is 7.88. The number of ether oxygens (including phenoxy) is 4. The molecule has 6 heteroatoms. The Morgan fingerprint density at radius 3 is 0.463 bits per heavy atom. The average Bonchev–Trinajstić information content (AvgIpc) is 3.16. The Kier molecular flexibility index (Phi) is 16.3. The predicted molar refractivity (Wildman–Crippen MR) is 299 cm³/mol. The molecule has 0 aromatic heterocycles. The summed E-state index contributed by atoms with van der Waals surface area (Å²) in [4.78, 5) is 0. The van der Waals surface area contributed by atoms with Crippen LogP contribution >= 0.6 is 15.8 Å². The molecule has 0 fully saturated rings. The van der Waals surface area contributed by atoms with Gasteiger partial charge in [0.2, 0.25) is 0 Å². The van der Waals surface area contributed by atoms with Crippen molar-refractivity contribution in [3.8, 4) is 23.0 Å². The van der Waals surface area contributed by atoms with Crippen molar-refractivity contribution in [3.63, 3.8) is 0 Å². The van der Waals surface area contributed by atoms with Crippen LogP contribution < -0.4 is 40.2 Å². The SMILES string of the molecule is COc1c(C(C)(C)C)cc(P(CP(c2cc(C(C)(C)C)c(OC)c(C(C)(C)C)c2)c2cc(C(C)(C)C)c(OC)c(C(C)(C)C)c2)c2cc(C(C)(C)C)c(OC)c(C(C)(C)C)c2)cc1C(C)(C)C. The third-order valence-corrected chi connectivity index (χ3v) is 18.9. The van der Waals surface area contributed by atoms with Crippen molar-refractivity contribution in [3.05, 3.63) is 93.0 Å². The van der Waals surface area contributed by atoms with Gasteiger partial charge in [-0.05, 0) is 129 Å². The molecule has 0 amide bonds. The summed E-state index contributed by atoms with van der Waals surface area (Å²) in [5.41, 5.74) is 8.65. The van der Waals surface area contributed by atoms with Crippen LogP contribution in [0.5, 0.6) is 23.0 Å². The number of hydrogen-bond donors (Lipinski definition) is 0. The van der Waals surface area contributed by atoms with Crippen LogP contribution in [0.15, 0.2) is 48.5 Å². The number of rotatable bonds is 10. The van der Waals surface area contributed by atoms with Crippen LogP contribution in [0.1, 0.15) is 211 Å². The van der Waals surface area contributed by atoms with Crippen molar-refractivity contribution in [1.82, 2.24) is 0 Å². The predicted octanol–water partition coefficient (Wildman–Crippen LogP) is 15.6. The van der Waals surface area contributed by atoms with E-state index in [9.17, 15) is 0 Å². The molecule has 0 saturated carbocycles. The highest BCUT2D eigenvalue weighted by Gasteiger charge is 2.37. The largest absolute Gasteiger partial charge is 0.496 e. The van der Waals surface area contributed by atoms with Crippen molar-refractivity contribution >= 4 is 37.1 Å². The van der Waals surface area contributed by atoms with Crippen molar-refractivity contribution < 1.29 is 18.9 Å². The Morgan fingerprint density at radius 2 is 0.373 bits per heavy atom. The maximum Gasteiger partial charge on any atom is 0.126 e. The van der Waals surface area contributed by atoms with Crippen LogP contribution in [0.3, 0.4) is 0 Å².